The maximum Gasteiger partial charge on any atom is 0.343 e. The first kappa shape index (κ1) is 58.1. The molecule has 1 saturated heterocycles. The predicted octanol–water partition coefficient (Wildman–Crippen LogP) is 6.05. The fraction of sp³-hybridized carbons (Fsp3) is 0.290. The zero-order valence-corrected chi connectivity index (χ0v) is 44.9. The quantitative estimate of drug-likeness (QED) is 0.0563. The van der Waals surface area contributed by atoms with E-state index in [1.807, 2.05) is 0 Å². The van der Waals surface area contributed by atoms with Gasteiger partial charge < -0.3 is 69.9 Å². The molecule has 82 heavy (non-hydrogen) atoms. The summed E-state index contributed by atoms with van der Waals surface area (Å²) in [6.07, 6.45) is -13.9. The lowest BCUT2D eigenvalue weighted by molar-refractivity contribution is -0.305. The Kier molecular flexibility index (Phi) is 18.6. The minimum atomic E-state index is -1.70. The van der Waals surface area contributed by atoms with Crippen LogP contribution in [0.15, 0.2) is 193 Å². The number of hydrogen-bond donors (Lipinski definition) is 4. The van der Waals surface area contributed by atoms with Crippen molar-refractivity contribution in [1.29, 1.82) is 0 Å². The van der Waals surface area contributed by atoms with E-state index in [0.29, 0.717) is 0 Å². The second-order valence-electron chi connectivity index (χ2n) is 19.9. The van der Waals surface area contributed by atoms with Crippen molar-refractivity contribution in [3.63, 3.8) is 0 Å². The summed E-state index contributed by atoms with van der Waals surface area (Å²) in [5, 5.41) is 3.04. The fourth-order valence-electron chi connectivity index (χ4n) is 9.89. The fourth-order valence-corrected chi connectivity index (χ4v) is 9.89. The molecule has 20 nitrogen and oxygen atoms in total. The highest BCUT2D eigenvalue weighted by Crippen LogP contribution is 2.38. The molecule has 1 saturated carbocycles. The lowest BCUT2D eigenvalue weighted by Gasteiger charge is -2.49. The van der Waals surface area contributed by atoms with Crippen LogP contribution in [0.25, 0.3) is 0 Å². The van der Waals surface area contributed by atoms with Crippen LogP contribution in [0, 0.1) is 0 Å². The number of carbonyl (C=O) groups is 6. The first-order chi connectivity index (χ1) is 39.6. The molecule has 0 bridgehead atoms. The third-order valence-electron chi connectivity index (χ3n) is 14.1. The molecule has 1 aliphatic carbocycles. The van der Waals surface area contributed by atoms with Gasteiger partial charge in [-0.05, 0) is 93.1 Å². The molecule has 0 amide bonds. The minimum Gasteiger partial charge on any atom is -0.456 e. The van der Waals surface area contributed by atoms with E-state index in [1.54, 1.807) is 140 Å². The normalized spacial score (nSPS) is 26.4. The number of ether oxygens (including phenoxy) is 10. The summed E-state index contributed by atoms with van der Waals surface area (Å²) < 4.78 is 63.7. The van der Waals surface area contributed by atoms with Gasteiger partial charge in [0.2, 0.25) is 6.29 Å². The van der Waals surface area contributed by atoms with E-state index in [-0.39, 0.29) is 57.9 Å². The summed E-state index contributed by atoms with van der Waals surface area (Å²) in [5.74, 6) is -5.16. The van der Waals surface area contributed by atoms with E-state index in [2.05, 4.69) is 5.32 Å². The molecule has 20 heteroatoms. The van der Waals surface area contributed by atoms with Gasteiger partial charge in [-0.15, -0.1) is 0 Å². The first-order valence-electron chi connectivity index (χ1n) is 26.5. The van der Waals surface area contributed by atoms with Gasteiger partial charge in [-0.1, -0.05) is 109 Å². The smallest absolute Gasteiger partial charge is 0.343 e. The number of benzene rings is 6. The topological polar surface area (TPSA) is 285 Å². The largest absolute Gasteiger partial charge is 0.456 e. The molecule has 0 spiro atoms. The van der Waals surface area contributed by atoms with Gasteiger partial charge in [0.05, 0.1) is 46.0 Å². The molecule has 8 unspecified atom stereocenters. The summed E-state index contributed by atoms with van der Waals surface area (Å²) in [5.41, 5.74) is 20.5. The van der Waals surface area contributed by atoms with Crippen LogP contribution in [0.2, 0.25) is 0 Å². The monoisotopic (exact) mass is 1120 g/mol. The Morgan fingerprint density at radius 2 is 0.902 bits per heavy atom. The molecule has 426 valence electrons. The standard InChI is InChI=1S/C62H62N4O16/c1-36(74-54(67)37-22-10-4-11-23-37)46-50(76-56(69)39-26-14-6-15-27-39)49(75-55(68)38-24-12-5-13-25-38)45(65)60(79-46)80-47-43(63)34-44(64)48(51(47)77-57(70)40-28-16-7-17-29-40)81-61-52(78-58(71)41-30-18-8-19-31-41)53(66-3)62(2,35-73-61)82-59(72)42-32-20-9-21-33-42/h4-33,36,43-51,60-61,66H,34-35,63-65H2,1-3H3/t36-,43?,44-,45?,46?,47-,48?,49?,50-,51?,60-,61?,62?/m1/s1. The number of hydrogen-bond acceptors (Lipinski definition) is 20. The first-order valence-corrected chi connectivity index (χ1v) is 26.5. The van der Waals surface area contributed by atoms with Crippen LogP contribution in [-0.2, 0) is 47.4 Å². The van der Waals surface area contributed by atoms with Gasteiger partial charge in [0.1, 0.15) is 30.1 Å². The van der Waals surface area contributed by atoms with Crippen LogP contribution in [0.5, 0.6) is 0 Å². The average Bonchev–Trinajstić information content (AvgIpc) is 3.67. The van der Waals surface area contributed by atoms with E-state index in [9.17, 15) is 28.8 Å². The SMILES string of the molecule is CNC1=C(OC(=O)c2ccccc2)C(OC2C(OC(=O)c3ccccc3)[C@H](O[C@H]3OC([C@@H](C)OC(=O)c4ccccc4)[C@@H](OC(=O)c4ccccc4)C(OC(=O)c4ccccc4)C3N)C(N)C[C@H]2N)OCC1(C)OC(=O)c1ccccc1. The Bertz CT molecular complexity index is 3200. The number of esters is 6. The molecular formula is C62H62N4O16. The second kappa shape index (κ2) is 26.3. The van der Waals surface area contributed by atoms with E-state index >= 15 is 0 Å². The number of rotatable bonds is 18. The van der Waals surface area contributed by atoms with Crippen molar-refractivity contribution in [2.24, 2.45) is 17.2 Å². The summed E-state index contributed by atoms with van der Waals surface area (Å²) in [6, 6.07) is 44.7. The molecule has 6 aromatic carbocycles. The number of nitrogens with one attached hydrogen (secondary N) is 1. The molecule has 0 radical (unpaired) electrons. The molecule has 13 atom stereocenters. The van der Waals surface area contributed by atoms with Crippen LogP contribution >= 0.6 is 0 Å². The van der Waals surface area contributed by atoms with Gasteiger partial charge in [0.15, 0.2) is 36.0 Å². The maximum absolute atomic E-state index is 14.4. The number of nitrogens with two attached hydrogens (primary N) is 3. The molecule has 0 aromatic heterocycles. The highest BCUT2D eigenvalue weighted by molar-refractivity contribution is 5.92. The Balaban J connectivity index is 1.10. The van der Waals surface area contributed by atoms with Crippen molar-refractivity contribution in [3.05, 3.63) is 227 Å². The molecular weight excluding hydrogens is 1060 g/mol. The van der Waals surface area contributed by atoms with Crippen molar-refractivity contribution >= 4 is 35.8 Å². The van der Waals surface area contributed by atoms with Gasteiger partial charge in [-0.2, -0.15) is 0 Å². The highest BCUT2D eigenvalue weighted by Gasteiger charge is 2.56. The molecule has 7 N–H and O–H groups in total. The third-order valence-corrected chi connectivity index (χ3v) is 14.1. The van der Waals surface area contributed by atoms with Gasteiger partial charge in [0.25, 0.3) is 0 Å². The minimum absolute atomic E-state index is 0.0809. The van der Waals surface area contributed by atoms with Gasteiger partial charge in [0, 0.05) is 19.1 Å². The van der Waals surface area contributed by atoms with Crippen LogP contribution in [0.3, 0.4) is 0 Å². The zero-order valence-electron chi connectivity index (χ0n) is 44.9. The summed E-state index contributed by atoms with van der Waals surface area (Å²) in [7, 11) is 1.53. The van der Waals surface area contributed by atoms with Crippen LogP contribution in [0.1, 0.15) is 82.4 Å². The molecule has 6 aromatic rings. The van der Waals surface area contributed by atoms with Crippen molar-refractivity contribution in [3.8, 4) is 0 Å². The zero-order chi connectivity index (χ0) is 57.9. The van der Waals surface area contributed by atoms with Gasteiger partial charge in [-0.3, -0.25) is 0 Å². The van der Waals surface area contributed by atoms with E-state index in [0.717, 1.165) is 0 Å². The third kappa shape index (κ3) is 13.4. The second-order valence-corrected chi connectivity index (χ2v) is 19.9. The molecule has 3 aliphatic rings. The predicted molar refractivity (Wildman–Crippen MR) is 293 cm³/mol. The average molecular weight is 1120 g/mol. The molecule has 2 fully saturated rings. The van der Waals surface area contributed by atoms with E-state index in [4.69, 9.17) is 64.6 Å². The molecule has 2 aliphatic heterocycles. The maximum atomic E-state index is 14.4. The highest BCUT2D eigenvalue weighted by atomic mass is 16.7. The summed E-state index contributed by atoms with van der Waals surface area (Å²) in [6.45, 7) is 2.69. The Labute approximate surface area is 472 Å². The Morgan fingerprint density at radius 3 is 1.35 bits per heavy atom. The van der Waals surface area contributed by atoms with Crippen molar-refractivity contribution in [2.75, 3.05) is 13.7 Å². The molecule has 2 heterocycles. The Morgan fingerprint density at radius 1 is 0.512 bits per heavy atom. The number of likely N-dealkylation sites (N-methyl/N-ethyl adjacent to an activating group) is 1. The van der Waals surface area contributed by atoms with E-state index < -0.39 is 115 Å². The van der Waals surface area contributed by atoms with Crippen LogP contribution in [0.4, 0.5) is 0 Å². The summed E-state index contributed by atoms with van der Waals surface area (Å²) in [4.78, 5) is 84.0. The lowest BCUT2D eigenvalue weighted by atomic mass is 9.84. The van der Waals surface area contributed by atoms with Crippen molar-refractivity contribution < 1.29 is 76.1 Å². The van der Waals surface area contributed by atoms with Crippen LogP contribution in [-0.4, -0.2) is 129 Å². The van der Waals surface area contributed by atoms with Crippen LogP contribution < -0.4 is 22.5 Å². The summed E-state index contributed by atoms with van der Waals surface area (Å²) >= 11 is 0. The molecule has 9 rings (SSSR count). The van der Waals surface area contributed by atoms with Gasteiger partial charge in [-0.25, -0.2) is 28.8 Å². The van der Waals surface area contributed by atoms with E-state index in [1.165, 1.54) is 62.5 Å². The Hall–Kier alpha value is -8.60. The van der Waals surface area contributed by atoms with Crippen molar-refractivity contribution in [2.45, 2.75) is 99.3 Å². The van der Waals surface area contributed by atoms with Crippen molar-refractivity contribution in [1.82, 2.24) is 5.32 Å². The number of carbonyl (C=O) groups excluding carboxylic acids is 6. The van der Waals surface area contributed by atoms with Gasteiger partial charge >= 0.3 is 35.8 Å². The lowest BCUT2D eigenvalue weighted by Crippen LogP contribution is -2.70.